The van der Waals surface area contributed by atoms with E-state index in [1.165, 1.54) is 12.8 Å². The van der Waals surface area contributed by atoms with Crippen LogP contribution in [0, 0.1) is 0 Å². The Morgan fingerprint density at radius 2 is 1.95 bits per heavy atom. The lowest BCUT2D eigenvalue weighted by atomic mass is 9.99. The molecule has 2 rings (SSSR count). The van der Waals surface area contributed by atoms with Crippen molar-refractivity contribution >= 4 is 0 Å². The van der Waals surface area contributed by atoms with E-state index in [1.54, 1.807) is 14.2 Å². The summed E-state index contributed by atoms with van der Waals surface area (Å²) in [6.45, 7) is 0.920. The second-order valence-corrected chi connectivity index (χ2v) is 5.32. The number of ether oxygens (including phenoxy) is 3. The van der Waals surface area contributed by atoms with Gasteiger partial charge >= 0.3 is 0 Å². The maximum atomic E-state index is 6.28. The molecule has 2 unspecified atom stereocenters. The normalized spacial score (nSPS) is 19.9. The third-order valence-corrected chi connectivity index (χ3v) is 3.87. The third kappa shape index (κ3) is 4.12. The molecule has 1 saturated heterocycles. The lowest BCUT2D eigenvalue weighted by Crippen LogP contribution is -2.12. The van der Waals surface area contributed by atoms with E-state index in [9.17, 15) is 0 Å². The fraction of sp³-hybridized carbons (Fsp3) is 0.625. The van der Waals surface area contributed by atoms with Crippen molar-refractivity contribution in [1.29, 1.82) is 0 Å². The van der Waals surface area contributed by atoms with Gasteiger partial charge in [0, 0.05) is 18.7 Å². The molecule has 0 spiro atoms. The standard InChI is InChI=1S/C16H25NO3/c1-18-14-9-12(10-15(11-14)19-2)16(17)7-3-5-13-6-4-8-20-13/h9-11,13,16H,3-8,17H2,1-2H3. The lowest BCUT2D eigenvalue weighted by molar-refractivity contribution is 0.101. The summed E-state index contributed by atoms with van der Waals surface area (Å²) in [5.74, 6) is 1.57. The maximum Gasteiger partial charge on any atom is 0.122 e. The summed E-state index contributed by atoms with van der Waals surface area (Å²) in [5.41, 5.74) is 7.34. The van der Waals surface area contributed by atoms with Gasteiger partial charge in [-0.05, 0) is 49.8 Å². The van der Waals surface area contributed by atoms with Gasteiger partial charge in [-0.2, -0.15) is 0 Å². The summed E-state index contributed by atoms with van der Waals surface area (Å²) in [5, 5.41) is 0. The summed E-state index contributed by atoms with van der Waals surface area (Å²) in [6.07, 6.45) is 5.99. The monoisotopic (exact) mass is 279 g/mol. The second kappa shape index (κ2) is 7.50. The first-order valence-electron chi connectivity index (χ1n) is 7.33. The topological polar surface area (TPSA) is 53.7 Å². The Labute approximate surface area is 121 Å². The molecule has 0 saturated carbocycles. The predicted molar refractivity (Wildman–Crippen MR) is 79.3 cm³/mol. The molecular formula is C16H25NO3. The SMILES string of the molecule is COc1cc(OC)cc(C(N)CCCC2CCCO2)c1. The molecule has 0 bridgehead atoms. The number of nitrogens with two attached hydrogens (primary N) is 1. The molecule has 2 N–H and O–H groups in total. The Kier molecular flexibility index (Phi) is 5.68. The molecule has 1 aromatic carbocycles. The first kappa shape index (κ1) is 15.1. The molecule has 2 atom stereocenters. The Bertz CT molecular complexity index is 394. The minimum atomic E-state index is 0.0143. The molecule has 0 aliphatic carbocycles. The predicted octanol–water partition coefficient (Wildman–Crippen LogP) is 3.05. The van der Waals surface area contributed by atoms with Crippen LogP contribution in [-0.4, -0.2) is 26.9 Å². The van der Waals surface area contributed by atoms with Gasteiger partial charge in [0.1, 0.15) is 11.5 Å². The molecule has 1 aliphatic heterocycles. The smallest absolute Gasteiger partial charge is 0.122 e. The molecular weight excluding hydrogens is 254 g/mol. The van der Waals surface area contributed by atoms with E-state index >= 15 is 0 Å². The third-order valence-electron chi connectivity index (χ3n) is 3.87. The molecule has 1 aliphatic rings. The van der Waals surface area contributed by atoms with Crippen molar-refractivity contribution in [2.45, 2.75) is 44.2 Å². The van der Waals surface area contributed by atoms with Gasteiger partial charge < -0.3 is 19.9 Å². The van der Waals surface area contributed by atoms with E-state index in [-0.39, 0.29) is 6.04 Å². The van der Waals surface area contributed by atoms with Crippen LogP contribution < -0.4 is 15.2 Å². The molecule has 20 heavy (non-hydrogen) atoms. The highest BCUT2D eigenvalue weighted by atomic mass is 16.5. The quantitative estimate of drug-likeness (QED) is 0.833. The molecule has 4 heteroatoms. The van der Waals surface area contributed by atoms with Crippen molar-refractivity contribution in [3.63, 3.8) is 0 Å². The van der Waals surface area contributed by atoms with Crippen LogP contribution in [-0.2, 0) is 4.74 Å². The molecule has 1 aromatic rings. The van der Waals surface area contributed by atoms with E-state index in [4.69, 9.17) is 19.9 Å². The van der Waals surface area contributed by atoms with E-state index in [2.05, 4.69) is 0 Å². The fourth-order valence-electron chi connectivity index (χ4n) is 2.65. The van der Waals surface area contributed by atoms with Crippen LogP contribution in [0.5, 0.6) is 11.5 Å². The molecule has 0 amide bonds. The Morgan fingerprint density at radius 3 is 2.50 bits per heavy atom. The zero-order valence-electron chi connectivity index (χ0n) is 12.4. The van der Waals surface area contributed by atoms with Crippen molar-refractivity contribution < 1.29 is 14.2 Å². The fourth-order valence-corrected chi connectivity index (χ4v) is 2.65. The molecule has 1 fully saturated rings. The van der Waals surface area contributed by atoms with Gasteiger partial charge in [0.05, 0.1) is 20.3 Å². The molecule has 0 aromatic heterocycles. The number of hydrogen-bond donors (Lipinski definition) is 1. The van der Waals surface area contributed by atoms with Crippen molar-refractivity contribution in [3.8, 4) is 11.5 Å². The van der Waals surface area contributed by atoms with Crippen LogP contribution in [0.15, 0.2) is 18.2 Å². The molecule has 0 radical (unpaired) electrons. The van der Waals surface area contributed by atoms with Gasteiger partial charge in [0.15, 0.2) is 0 Å². The van der Waals surface area contributed by atoms with Gasteiger partial charge in [-0.15, -0.1) is 0 Å². The first-order valence-corrected chi connectivity index (χ1v) is 7.33. The van der Waals surface area contributed by atoms with Crippen LogP contribution >= 0.6 is 0 Å². The van der Waals surface area contributed by atoms with Crippen LogP contribution in [0.25, 0.3) is 0 Å². The summed E-state index contributed by atoms with van der Waals surface area (Å²) in [7, 11) is 3.31. The molecule has 4 nitrogen and oxygen atoms in total. The number of benzene rings is 1. The summed E-state index contributed by atoms with van der Waals surface area (Å²) in [4.78, 5) is 0. The average molecular weight is 279 g/mol. The van der Waals surface area contributed by atoms with Crippen LogP contribution in [0.4, 0.5) is 0 Å². The van der Waals surface area contributed by atoms with Crippen molar-refractivity contribution in [2.75, 3.05) is 20.8 Å². The minimum Gasteiger partial charge on any atom is -0.497 e. The average Bonchev–Trinajstić information content (AvgIpc) is 2.99. The lowest BCUT2D eigenvalue weighted by Gasteiger charge is -2.16. The zero-order valence-corrected chi connectivity index (χ0v) is 12.4. The van der Waals surface area contributed by atoms with Crippen molar-refractivity contribution in [2.24, 2.45) is 5.73 Å². The van der Waals surface area contributed by atoms with E-state index in [0.717, 1.165) is 42.9 Å². The number of methoxy groups -OCH3 is 2. The Balaban J connectivity index is 1.88. The van der Waals surface area contributed by atoms with Gasteiger partial charge in [0.25, 0.3) is 0 Å². The van der Waals surface area contributed by atoms with E-state index in [0.29, 0.717) is 6.10 Å². The summed E-state index contributed by atoms with van der Waals surface area (Å²) in [6, 6.07) is 5.85. The van der Waals surface area contributed by atoms with E-state index in [1.807, 2.05) is 18.2 Å². The number of hydrogen-bond acceptors (Lipinski definition) is 4. The Hall–Kier alpha value is -1.26. The minimum absolute atomic E-state index is 0.0143. The Morgan fingerprint density at radius 1 is 1.25 bits per heavy atom. The van der Waals surface area contributed by atoms with Gasteiger partial charge in [-0.1, -0.05) is 0 Å². The van der Waals surface area contributed by atoms with Crippen LogP contribution in [0.1, 0.15) is 43.7 Å². The van der Waals surface area contributed by atoms with E-state index < -0.39 is 0 Å². The molecule has 1 heterocycles. The highest BCUT2D eigenvalue weighted by molar-refractivity contribution is 5.39. The highest BCUT2D eigenvalue weighted by Gasteiger charge is 2.16. The summed E-state index contributed by atoms with van der Waals surface area (Å²) < 4.78 is 16.2. The summed E-state index contributed by atoms with van der Waals surface area (Å²) >= 11 is 0. The molecule has 112 valence electrons. The highest BCUT2D eigenvalue weighted by Crippen LogP contribution is 2.28. The second-order valence-electron chi connectivity index (χ2n) is 5.32. The van der Waals surface area contributed by atoms with Gasteiger partial charge in [-0.25, -0.2) is 0 Å². The van der Waals surface area contributed by atoms with Crippen LogP contribution in [0.3, 0.4) is 0 Å². The van der Waals surface area contributed by atoms with Gasteiger partial charge in [0.2, 0.25) is 0 Å². The maximum absolute atomic E-state index is 6.28. The van der Waals surface area contributed by atoms with Crippen LogP contribution in [0.2, 0.25) is 0 Å². The zero-order chi connectivity index (χ0) is 14.4. The van der Waals surface area contributed by atoms with Crippen molar-refractivity contribution in [3.05, 3.63) is 23.8 Å². The number of rotatable bonds is 7. The first-order chi connectivity index (χ1) is 9.72. The van der Waals surface area contributed by atoms with Crippen molar-refractivity contribution in [1.82, 2.24) is 0 Å². The van der Waals surface area contributed by atoms with Gasteiger partial charge in [-0.3, -0.25) is 0 Å². The largest absolute Gasteiger partial charge is 0.497 e.